The summed E-state index contributed by atoms with van der Waals surface area (Å²) in [4.78, 5) is 24.6. The molecule has 1 saturated heterocycles. The summed E-state index contributed by atoms with van der Waals surface area (Å²) in [5.41, 5.74) is 1.04. The first kappa shape index (κ1) is 17.6. The molecule has 1 fully saturated rings. The van der Waals surface area contributed by atoms with Crippen LogP contribution in [0.25, 0.3) is 0 Å². The normalized spacial score (nSPS) is 19.0. The number of sulfonamides is 1. The molecule has 2 amide bonds. The highest BCUT2D eigenvalue weighted by molar-refractivity contribution is 9.10. The lowest BCUT2D eigenvalue weighted by atomic mass is 10.1. The molecule has 1 atom stereocenters. The Balaban J connectivity index is 1.89. The number of halogens is 1. The Labute approximate surface area is 154 Å². The van der Waals surface area contributed by atoms with E-state index in [0.717, 1.165) is 8.78 Å². The van der Waals surface area contributed by atoms with E-state index in [1.807, 2.05) is 6.07 Å². The van der Waals surface area contributed by atoms with Crippen LogP contribution in [0.15, 0.2) is 53.0 Å². The molecule has 6 nitrogen and oxygen atoms in total. The Bertz CT molecular complexity index is 959. The topological polar surface area (TPSA) is 83.6 Å². The number of anilines is 2. The van der Waals surface area contributed by atoms with Crippen LogP contribution in [0.1, 0.15) is 17.3 Å². The number of nitrogens with zero attached hydrogens (tertiary/aromatic N) is 1. The number of carbonyl (C=O) groups is 2. The molecule has 3 rings (SSSR count). The van der Waals surface area contributed by atoms with Gasteiger partial charge in [0, 0.05) is 15.7 Å². The standard InChI is InChI=1S/C17H15BrN2O4S/c1-11-10-25(23,24)20(17(11)22)15-7-2-4-12(8-15)16(21)19-14-6-3-5-13(18)9-14/h2-9,11H,10H2,1H3,(H,19,21). The van der Waals surface area contributed by atoms with Crippen molar-refractivity contribution in [1.82, 2.24) is 0 Å². The molecule has 1 aliphatic rings. The van der Waals surface area contributed by atoms with Gasteiger partial charge in [0.05, 0.1) is 17.4 Å². The molecule has 0 radical (unpaired) electrons. The highest BCUT2D eigenvalue weighted by Crippen LogP contribution is 2.29. The van der Waals surface area contributed by atoms with Crippen LogP contribution in [0.2, 0.25) is 0 Å². The van der Waals surface area contributed by atoms with Crippen LogP contribution in [0.5, 0.6) is 0 Å². The van der Waals surface area contributed by atoms with Crippen molar-refractivity contribution in [2.75, 3.05) is 15.4 Å². The summed E-state index contributed by atoms with van der Waals surface area (Å²) in [5.74, 6) is -1.69. The molecule has 0 bridgehead atoms. The highest BCUT2D eigenvalue weighted by atomic mass is 79.9. The minimum atomic E-state index is -3.70. The van der Waals surface area contributed by atoms with E-state index in [9.17, 15) is 18.0 Å². The average molecular weight is 423 g/mol. The van der Waals surface area contributed by atoms with E-state index in [-0.39, 0.29) is 17.0 Å². The molecule has 0 spiro atoms. The third kappa shape index (κ3) is 3.59. The molecule has 1 unspecified atom stereocenters. The Morgan fingerprint density at radius 3 is 2.56 bits per heavy atom. The van der Waals surface area contributed by atoms with Gasteiger partial charge in [0.1, 0.15) is 0 Å². The number of amides is 2. The second-order valence-electron chi connectivity index (χ2n) is 5.80. The van der Waals surface area contributed by atoms with E-state index >= 15 is 0 Å². The fourth-order valence-corrected chi connectivity index (χ4v) is 4.84. The Morgan fingerprint density at radius 1 is 1.20 bits per heavy atom. The summed E-state index contributed by atoms with van der Waals surface area (Å²) in [6.45, 7) is 1.57. The Morgan fingerprint density at radius 2 is 1.92 bits per heavy atom. The number of rotatable bonds is 3. The second kappa shape index (κ2) is 6.61. The lowest BCUT2D eigenvalue weighted by Gasteiger charge is -2.16. The molecule has 8 heteroatoms. The van der Waals surface area contributed by atoms with E-state index in [0.29, 0.717) is 5.69 Å². The molecule has 130 valence electrons. The highest BCUT2D eigenvalue weighted by Gasteiger charge is 2.42. The molecule has 2 aromatic carbocycles. The van der Waals surface area contributed by atoms with Gasteiger partial charge in [0.15, 0.2) is 0 Å². The van der Waals surface area contributed by atoms with Crippen LogP contribution in [0.3, 0.4) is 0 Å². The van der Waals surface area contributed by atoms with Gasteiger partial charge in [-0.2, -0.15) is 0 Å². The first-order valence-electron chi connectivity index (χ1n) is 7.52. The van der Waals surface area contributed by atoms with Gasteiger partial charge in [0.2, 0.25) is 15.9 Å². The maximum absolute atomic E-state index is 12.4. The van der Waals surface area contributed by atoms with Crippen LogP contribution in [0, 0.1) is 5.92 Å². The van der Waals surface area contributed by atoms with Gasteiger partial charge in [-0.05, 0) is 36.4 Å². The number of hydrogen-bond acceptors (Lipinski definition) is 4. The first-order chi connectivity index (χ1) is 11.8. The summed E-state index contributed by atoms with van der Waals surface area (Å²) in [6, 6.07) is 13.1. The van der Waals surface area contributed by atoms with Crippen LogP contribution in [0.4, 0.5) is 11.4 Å². The zero-order chi connectivity index (χ0) is 18.2. The first-order valence-corrected chi connectivity index (χ1v) is 9.92. The van der Waals surface area contributed by atoms with Gasteiger partial charge >= 0.3 is 0 Å². The number of hydrogen-bond donors (Lipinski definition) is 1. The third-order valence-corrected chi connectivity index (χ3v) is 6.15. The van der Waals surface area contributed by atoms with E-state index in [2.05, 4.69) is 21.2 Å². The minimum Gasteiger partial charge on any atom is -0.322 e. The van der Waals surface area contributed by atoms with E-state index in [4.69, 9.17) is 0 Å². The summed E-state index contributed by atoms with van der Waals surface area (Å²) < 4.78 is 26.0. The van der Waals surface area contributed by atoms with Gasteiger partial charge in [-0.25, -0.2) is 12.7 Å². The molecule has 0 saturated carbocycles. The van der Waals surface area contributed by atoms with Crippen molar-refractivity contribution in [3.8, 4) is 0 Å². The maximum Gasteiger partial charge on any atom is 0.255 e. The summed E-state index contributed by atoms with van der Waals surface area (Å²) in [5, 5.41) is 2.74. The van der Waals surface area contributed by atoms with Gasteiger partial charge in [-0.1, -0.05) is 35.0 Å². The predicted octanol–water partition coefficient (Wildman–Crippen LogP) is 3.01. The molecular formula is C17H15BrN2O4S. The van der Waals surface area contributed by atoms with Gasteiger partial charge in [-0.15, -0.1) is 0 Å². The van der Waals surface area contributed by atoms with Crippen molar-refractivity contribution in [3.05, 3.63) is 58.6 Å². The zero-order valence-corrected chi connectivity index (χ0v) is 15.7. The minimum absolute atomic E-state index is 0.177. The molecule has 1 N–H and O–H groups in total. The van der Waals surface area contributed by atoms with Crippen LogP contribution in [-0.2, 0) is 14.8 Å². The van der Waals surface area contributed by atoms with Crippen molar-refractivity contribution in [3.63, 3.8) is 0 Å². The number of nitrogens with one attached hydrogen (secondary N) is 1. The van der Waals surface area contributed by atoms with Gasteiger partial charge < -0.3 is 5.32 Å². The maximum atomic E-state index is 12.4. The van der Waals surface area contributed by atoms with E-state index < -0.39 is 27.8 Å². The summed E-state index contributed by atoms with van der Waals surface area (Å²) in [6.07, 6.45) is 0. The van der Waals surface area contributed by atoms with Crippen molar-refractivity contribution >= 4 is 49.1 Å². The average Bonchev–Trinajstić information content (AvgIpc) is 2.75. The second-order valence-corrected chi connectivity index (χ2v) is 8.58. The van der Waals surface area contributed by atoms with Gasteiger partial charge in [-0.3, -0.25) is 9.59 Å². The summed E-state index contributed by atoms with van der Waals surface area (Å²) >= 11 is 3.33. The van der Waals surface area contributed by atoms with Crippen molar-refractivity contribution in [1.29, 1.82) is 0 Å². The predicted molar refractivity (Wildman–Crippen MR) is 99.0 cm³/mol. The molecule has 0 aliphatic carbocycles. The Kier molecular flexibility index (Phi) is 4.66. The molecule has 2 aromatic rings. The third-order valence-electron chi connectivity index (χ3n) is 3.79. The molecule has 1 aliphatic heterocycles. The van der Waals surface area contributed by atoms with Crippen molar-refractivity contribution in [2.45, 2.75) is 6.92 Å². The largest absolute Gasteiger partial charge is 0.322 e. The molecular weight excluding hydrogens is 408 g/mol. The van der Waals surface area contributed by atoms with Crippen LogP contribution < -0.4 is 9.62 Å². The Hall–Kier alpha value is -2.19. The molecule has 0 aromatic heterocycles. The number of benzene rings is 2. The molecule has 25 heavy (non-hydrogen) atoms. The lowest BCUT2D eigenvalue weighted by molar-refractivity contribution is -0.119. The summed E-state index contributed by atoms with van der Waals surface area (Å²) in [7, 11) is -3.70. The quantitative estimate of drug-likeness (QED) is 0.823. The SMILES string of the molecule is CC1CS(=O)(=O)N(c2cccc(C(=O)Nc3cccc(Br)c3)c2)C1=O. The monoisotopic (exact) mass is 422 g/mol. The van der Waals surface area contributed by atoms with E-state index in [1.165, 1.54) is 12.1 Å². The van der Waals surface area contributed by atoms with E-state index in [1.54, 1.807) is 37.3 Å². The molecule has 1 heterocycles. The van der Waals surface area contributed by atoms with Crippen LogP contribution in [-0.4, -0.2) is 26.0 Å². The fraction of sp³-hybridized carbons (Fsp3) is 0.176. The van der Waals surface area contributed by atoms with Gasteiger partial charge in [0.25, 0.3) is 5.91 Å². The smallest absolute Gasteiger partial charge is 0.255 e. The van der Waals surface area contributed by atoms with Crippen LogP contribution >= 0.6 is 15.9 Å². The zero-order valence-electron chi connectivity index (χ0n) is 13.3. The fourth-order valence-electron chi connectivity index (χ4n) is 2.63. The lowest BCUT2D eigenvalue weighted by Crippen LogP contribution is -2.30. The number of carbonyl (C=O) groups excluding carboxylic acids is 2. The van der Waals surface area contributed by atoms with Crippen molar-refractivity contribution in [2.24, 2.45) is 5.92 Å². The van der Waals surface area contributed by atoms with Crippen molar-refractivity contribution < 1.29 is 18.0 Å².